The molecule has 2 fully saturated rings. The number of piperidine rings is 1. The topological polar surface area (TPSA) is 65.1 Å². The van der Waals surface area contributed by atoms with E-state index in [0.29, 0.717) is 51.1 Å². The minimum atomic E-state index is -1.15. The van der Waals surface area contributed by atoms with Crippen molar-refractivity contribution in [3.63, 3.8) is 0 Å². The van der Waals surface area contributed by atoms with Crippen LogP contribution in [0.5, 0.6) is 0 Å². The van der Waals surface area contributed by atoms with E-state index in [0.717, 1.165) is 5.56 Å². The number of esters is 1. The van der Waals surface area contributed by atoms with Gasteiger partial charge in [-0.2, -0.15) is 0 Å². The van der Waals surface area contributed by atoms with E-state index in [4.69, 9.17) is 14.2 Å². The molecule has 24 heavy (non-hydrogen) atoms. The number of likely N-dealkylation sites (tertiary alicyclic amines) is 1. The second-order valence-corrected chi connectivity index (χ2v) is 6.85. The lowest BCUT2D eigenvalue weighted by Crippen LogP contribution is -2.57. The number of ether oxygens (including phenoxy) is 3. The van der Waals surface area contributed by atoms with Crippen molar-refractivity contribution in [2.45, 2.75) is 37.6 Å². The molecule has 1 atom stereocenters. The fraction of sp³-hybridized carbons (Fsp3) is 0.556. The summed E-state index contributed by atoms with van der Waals surface area (Å²) in [6, 6.07) is 7.30. The molecule has 3 aliphatic heterocycles. The molecule has 0 radical (unpaired) electrons. The fourth-order valence-corrected chi connectivity index (χ4v) is 3.82. The second kappa shape index (κ2) is 5.57. The van der Waals surface area contributed by atoms with E-state index in [1.54, 1.807) is 24.0 Å². The van der Waals surface area contributed by atoms with Gasteiger partial charge in [-0.15, -0.1) is 0 Å². The number of benzene rings is 1. The van der Waals surface area contributed by atoms with Crippen LogP contribution >= 0.6 is 0 Å². The van der Waals surface area contributed by atoms with E-state index in [9.17, 15) is 9.59 Å². The van der Waals surface area contributed by atoms with Crippen LogP contribution in [0.25, 0.3) is 0 Å². The monoisotopic (exact) mass is 331 g/mol. The van der Waals surface area contributed by atoms with Crippen LogP contribution in [0.3, 0.4) is 0 Å². The Bertz CT molecular complexity index is 672. The summed E-state index contributed by atoms with van der Waals surface area (Å²) >= 11 is 0. The van der Waals surface area contributed by atoms with Crippen LogP contribution in [0.2, 0.25) is 0 Å². The molecule has 3 heterocycles. The quantitative estimate of drug-likeness (QED) is 0.730. The molecular weight excluding hydrogens is 310 g/mol. The van der Waals surface area contributed by atoms with Gasteiger partial charge in [-0.1, -0.05) is 18.2 Å². The molecule has 1 aromatic rings. The third kappa shape index (κ3) is 2.50. The molecule has 1 aromatic carbocycles. The van der Waals surface area contributed by atoms with Crippen LogP contribution in [0.1, 0.15) is 35.7 Å². The van der Waals surface area contributed by atoms with E-state index in [-0.39, 0.29) is 5.91 Å². The number of hydrogen-bond donors (Lipinski definition) is 0. The SMILES string of the molecule is C[C@]1(C(=O)N2CCC3(CC2)OCCO3)Cc2ccccc2C(=O)O1. The number of carbonyl (C=O) groups excluding carboxylic acids is 2. The van der Waals surface area contributed by atoms with Crippen molar-refractivity contribution in [3.05, 3.63) is 35.4 Å². The predicted octanol–water partition coefficient (Wildman–Crippen LogP) is 1.52. The van der Waals surface area contributed by atoms with E-state index in [1.807, 2.05) is 12.1 Å². The molecule has 1 amide bonds. The molecule has 4 rings (SSSR count). The number of amides is 1. The number of rotatable bonds is 1. The molecule has 6 nitrogen and oxygen atoms in total. The molecule has 0 aromatic heterocycles. The van der Waals surface area contributed by atoms with Crippen LogP contribution in [0.15, 0.2) is 24.3 Å². The third-order valence-electron chi connectivity index (χ3n) is 5.16. The summed E-state index contributed by atoms with van der Waals surface area (Å²) in [5.74, 6) is -1.09. The van der Waals surface area contributed by atoms with Crippen molar-refractivity contribution < 1.29 is 23.8 Å². The molecule has 2 saturated heterocycles. The Morgan fingerprint density at radius 2 is 1.79 bits per heavy atom. The lowest BCUT2D eigenvalue weighted by atomic mass is 9.88. The first-order chi connectivity index (χ1) is 11.5. The van der Waals surface area contributed by atoms with Gasteiger partial charge in [-0.05, 0) is 18.6 Å². The average molecular weight is 331 g/mol. The smallest absolute Gasteiger partial charge is 0.339 e. The number of fused-ring (bicyclic) bond motifs is 1. The Morgan fingerprint density at radius 3 is 2.50 bits per heavy atom. The van der Waals surface area contributed by atoms with E-state index < -0.39 is 17.4 Å². The Balaban J connectivity index is 1.50. The van der Waals surface area contributed by atoms with Crippen LogP contribution in [0, 0.1) is 0 Å². The Kier molecular flexibility index (Phi) is 3.62. The van der Waals surface area contributed by atoms with Crippen LogP contribution in [-0.4, -0.2) is 54.5 Å². The van der Waals surface area contributed by atoms with Crippen molar-refractivity contribution in [2.75, 3.05) is 26.3 Å². The van der Waals surface area contributed by atoms with Crippen molar-refractivity contribution in [1.82, 2.24) is 4.90 Å². The largest absolute Gasteiger partial charge is 0.445 e. The predicted molar refractivity (Wildman–Crippen MR) is 84.4 cm³/mol. The summed E-state index contributed by atoms with van der Waals surface area (Å²) in [6.07, 6.45) is 1.71. The average Bonchev–Trinajstić information content (AvgIpc) is 3.03. The molecule has 0 saturated carbocycles. The summed E-state index contributed by atoms with van der Waals surface area (Å²) in [4.78, 5) is 27.0. The summed E-state index contributed by atoms with van der Waals surface area (Å²) < 4.78 is 16.9. The highest BCUT2D eigenvalue weighted by Gasteiger charge is 2.48. The molecule has 0 N–H and O–H groups in total. The minimum Gasteiger partial charge on any atom is -0.445 e. The molecule has 128 valence electrons. The minimum absolute atomic E-state index is 0.141. The Hall–Kier alpha value is -1.92. The van der Waals surface area contributed by atoms with E-state index in [1.165, 1.54) is 0 Å². The molecule has 0 unspecified atom stereocenters. The molecular formula is C18H21NO5. The maximum atomic E-state index is 13.0. The summed E-state index contributed by atoms with van der Waals surface area (Å²) in [5.41, 5.74) is 0.265. The maximum Gasteiger partial charge on any atom is 0.339 e. The summed E-state index contributed by atoms with van der Waals surface area (Å²) in [7, 11) is 0. The van der Waals surface area contributed by atoms with Gasteiger partial charge in [-0.25, -0.2) is 4.79 Å². The van der Waals surface area contributed by atoms with Crippen LogP contribution < -0.4 is 0 Å². The molecule has 0 aliphatic carbocycles. The zero-order valence-electron chi connectivity index (χ0n) is 13.7. The van der Waals surface area contributed by atoms with Crippen molar-refractivity contribution in [1.29, 1.82) is 0 Å². The third-order valence-corrected chi connectivity index (χ3v) is 5.16. The number of carbonyl (C=O) groups is 2. The Labute approximate surface area is 140 Å². The van der Waals surface area contributed by atoms with Gasteiger partial charge in [0.15, 0.2) is 11.4 Å². The lowest BCUT2D eigenvalue weighted by Gasteiger charge is -2.42. The first kappa shape index (κ1) is 15.6. The molecule has 3 aliphatic rings. The molecule has 1 spiro atoms. The van der Waals surface area contributed by atoms with Gasteiger partial charge in [0, 0.05) is 32.4 Å². The fourth-order valence-electron chi connectivity index (χ4n) is 3.82. The number of nitrogens with zero attached hydrogens (tertiary/aromatic N) is 1. The standard InChI is InChI=1S/C18H21NO5/c1-17(12-13-4-2-3-5-14(13)15(20)24-17)16(21)19-8-6-18(7-9-19)22-10-11-23-18/h2-5H,6-12H2,1H3/t17-/m1/s1. The van der Waals surface area contributed by atoms with Crippen LogP contribution in [-0.2, 0) is 25.4 Å². The van der Waals surface area contributed by atoms with Gasteiger partial charge in [0.1, 0.15) is 0 Å². The second-order valence-electron chi connectivity index (χ2n) is 6.85. The zero-order valence-corrected chi connectivity index (χ0v) is 13.7. The van der Waals surface area contributed by atoms with Gasteiger partial charge >= 0.3 is 5.97 Å². The van der Waals surface area contributed by atoms with Gasteiger partial charge < -0.3 is 19.1 Å². The van der Waals surface area contributed by atoms with Crippen molar-refractivity contribution in [2.24, 2.45) is 0 Å². The highest BCUT2D eigenvalue weighted by atomic mass is 16.7. The first-order valence-corrected chi connectivity index (χ1v) is 8.40. The maximum absolute atomic E-state index is 13.0. The van der Waals surface area contributed by atoms with Gasteiger partial charge in [0.25, 0.3) is 5.91 Å². The summed E-state index contributed by atoms with van der Waals surface area (Å²) in [5, 5.41) is 0. The highest BCUT2D eigenvalue weighted by molar-refractivity contribution is 5.97. The Morgan fingerprint density at radius 1 is 1.12 bits per heavy atom. The van der Waals surface area contributed by atoms with Crippen molar-refractivity contribution in [3.8, 4) is 0 Å². The van der Waals surface area contributed by atoms with E-state index in [2.05, 4.69) is 0 Å². The highest BCUT2D eigenvalue weighted by Crippen LogP contribution is 2.34. The molecule has 6 heteroatoms. The normalized spacial score (nSPS) is 28.5. The molecule has 0 bridgehead atoms. The van der Waals surface area contributed by atoms with Crippen molar-refractivity contribution >= 4 is 11.9 Å². The summed E-state index contributed by atoms with van der Waals surface area (Å²) in [6.45, 7) is 4.03. The number of hydrogen-bond acceptors (Lipinski definition) is 5. The van der Waals surface area contributed by atoms with Crippen LogP contribution in [0.4, 0.5) is 0 Å². The zero-order chi connectivity index (χ0) is 16.8. The first-order valence-electron chi connectivity index (χ1n) is 8.40. The number of cyclic esters (lactones) is 1. The van der Waals surface area contributed by atoms with Gasteiger partial charge in [0.2, 0.25) is 0 Å². The van der Waals surface area contributed by atoms with Gasteiger partial charge in [0.05, 0.1) is 18.8 Å². The lowest BCUT2D eigenvalue weighted by molar-refractivity contribution is -0.192. The van der Waals surface area contributed by atoms with E-state index >= 15 is 0 Å². The van der Waals surface area contributed by atoms with Gasteiger partial charge in [-0.3, -0.25) is 4.79 Å².